The third-order valence-electron chi connectivity index (χ3n) is 6.88. The molecule has 1 unspecified atom stereocenters. The molecule has 2 heterocycles. The van der Waals surface area contributed by atoms with Crippen molar-refractivity contribution in [2.45, 2.75) is 52.5 Å². The number of carbonyl (C=O) groups is 2. The van der Waals surface area contributed by atoms with Crippen LogP contribution in [0.15, 0.2) is 72.3 Å². The Hall–Kier alpha value is -3.97. The van der Waals surface area contributed by atoms with E-state index in [2.05, 4.69) is 20.8 Å². The molecule has 0 bridgehead atoms. The number of nitrogens with zero attached hydrogens (tertiary/aromatic N) is 2. The molecule has 200 valence electrons. The van der Waals surface area contributed by atoms with E-state index in [0.29, 0.717) is 23.1 Å². The number of aliphatic hydroxyl groups excluding tert-OH is 1. The van der Waals surface area contributed by atoms with Gasteiger partial charge in [0.15, 0.2) is 5.13 Å². The summed E-state index contributed by atoms with van der Waals surface area (Å²) in [6, 6.07) is 19.9. The van der Waals surface area contributed by atoms with E-state index in [0.717, 1.165) is 33.3 Å². The van der Waals surface area contributed by atoms with E-state index < -0.39 is 17.7 Å². The second kappa shape index (κ2) is 10.3. The molecule has 1 fully saturated rings. The summed E-state index contributed by atoms with van der Waals surface area (Å²) in [7, 11) is 0. The smallest absolute Gasteiger partial charge is 0.301 e. The van der Waals surface area contributed by atoms with Gasteiger partial charge in [0, 0.05) is 5.56 Å². The number of aliphatic hydroxyl groups is 1. The van der Waals surface area contributed by atoms with Crippen LogP contribution >= 0.6 is 11.3 Å². The van der Waals surface area contributed by atoms with Gasteiger partial charge < -0.3 is 9.84 Å². The van der Waals surface area contributed by atoms with E-state index in [-0.39, 0.29) is 16.7 Å². The second-order valence-electron chi connectivity index (χ2n) is 10.9. The number of ketones is 1. The van der Waals surface area contributed by atoms with Crippen molar-refractivity contribution in [2.75, 3.05) is 11.5 Å². The van der Waals surface area contributed by atoms with Gasteiger partial charge >= 0.3 is 5.91 Å². The summed E-state index contributed by atoms with van der Waals surface area (Å²) >= 11 is 1.36. The number of fused-ring (bicyclic) bond motifs is 1. The van der Waals surface area contributed by atoms with Gasteiger partial charge in [-0.1, -0.05) is 69.4 Å². The number of amides is 1. The fraction of sp³-hybridized carbons (Fsp3) is 0.281. The lowest BCUT2D eigenvalue weighted by atomic mass is 9.85. The van der Waals surface area contributed by atoms with E-state index in [1.807, 2.05) is 56.3 Å². The van der Waals surface area contributed by atoms with Crippen molar-refractivity contribution in [3.63, 3.8) is 0 Å². The van der Waals surface area contributed by atoms with Crippen LogP contribution in [-0.4, -0.2) is 28.4 Å². The molecule has 5 rings (SSSR count). The van der Waals surface area contributed by atoms with E-state index in [1.165, 1.54) is 16.2 Å². The fourth-order valence-corrected chi connectivity index (χ4v) is 5.81. The van der Waals surface area contributed by atoms with Gasteiger partial charge in [0.2, 0.25) is 0 Å². The van der Waals surface area contributed by atoms with Crippen molar-refractivity contribution >= 4 is 44.1 Å². The molecule has 1 saturated heterocycles. The molecule has 0 aliphatic carbocycles. The predicted molar refractivity (Wildman–Crippen MR) is 157 cm³/mol. The van der Waals surface area contributed by atoms with Crippen LogP contribution < -0.4 is 9.64 Å². The molecule has 1 atom stereocenters. The Bertz CT molecular complexity index is 1580. The number of aryl methyl sites for hydroxylation is 1. The van der Waals surface area contributed by atoms with E-state index in [9.17, 15) is 14.7 Å². The first-order valence-corrected chi connectivity index (χ1v) is 13.9. The fourth-order valence-electron chi connectivity index (χ4n) is 4.72. The number of hydrogen-bond donors (Lipinski definition) is 1. The summed E-state index contributed by atoms with van der Waals surface area (Å²) in [4.78, 5) is 33.2. The first-order valence-electron chi connectivity index (χ1n) is 13.1. The lowest BCUT2D eigenvalue weighted by Gasteiger charge is -2.24. The molecule has 0 spiro atoms. The van der Waals surface area contributed by atoms with Crippen LogP contribution in [0.1, 0.15) is 62.4 Å². The number of rotatable bonds is 6. The first-order chi connectivity index (χ1) is 18.6. The van der Waals surface area contributed by atoms with E-state index in [4.69, 9.17) is 9.72 Å². The Labute approximate surface area is 232 Å². The van der Waals surface area contributed by atoms with Gasteiger partial charge in [-0.15, -0.1) is 0 Å². The molecular formula is C32H32N2O4S. The number of Topliss-reactive ketones (excluding diaryl/α,β-unsaturated/α-hetero) is 1. The van der Waals surface area contributed by atoms with Crippen LogP contribution in [0.4, 0.5) is 5.13 Å². The minimum absolute atomic E-state index is 0.0428. The minimum atomic E-state index is -0.823. The molecule has 1 N–H and O–H groups in total. The van der Waals surface area contributed by atoms with Crippen LogP contribution in [0.25, 0.3) is 16.0 Å². The Morgan fingerprint density at radius 3 is 2.36 bits per heavy atom. The summed E-state index contributed by atoms with van der Waals surface area (Å²) in [5.41, 5.74) is 4.11. The highest BCUT2D eigenvalue weighted by Crippen LogP contribution is 2.44. The maximum absolute atomic E-state index is 13.6. The van der Waals surface area contributed by atoms with Gasteiger partial charge in [0.1, 0.15) is 11.5 Å². The molecule has 0 radical (unpaired) electrons. The van der Waals surface area contributed by atoms with Crippen LogP contribution in [0.3, 0.4) is 0 Å². The average Bonchev–Trinajstić information content (AvgIpc) is 3.44. The summed E-state index contributed by atoms with van der Waals surface area (Å²) in [6.07, 6.45) is 0.879. The lowest BCUT2D eigenvalue weighted by molar-refractivity contribution is -0.132. The van der Waals surface area contributed by atoms with Gasteiger partial charge in [-0.25, -0.2) is 4.98 Å². The largest absolute Gasteiger partial charge is 0.507 e. The zero-order chi connectivity index (χ0) is 27.9. The SMILES string of the molecule is CCCOc1ccc(/C(O)=C2\C(=O)C(=O)N(c3nc4ccc(C)cc4s3)C2c2ccc(C(C)(C)C)cc2)cc1. The normalized spacial score (nSPS) is 17.3. The van der Waals surface area contributed by atoms with Crippen LogP contribution in [0.5, 0.6) is 5.75 Å². The number of benzene rings is 3. The Kier molecular flexibility index (Phi) is 7.03. The summed E-state index contributed by atoms with van der Waals surface area (Å²) in [5, 5.41) is 11.9. The molecule has 1 amide bonds. The molecule has 39 heavy (non-hydrogen) atoms. The number of carbonyl (C=O) groups excluding carboxylic acids is 2. The van der Waals surface area contributed by atoms with Gasteiger partial charge in [-0.2, -0.15) is 0 Å². The van der Waals surface area contributed by atoms with Crippen LogP contribution in [-0.2, 0) is 15.0 Å². The van der Waals surface area contributed by atoms with Crippen molar-refractivity contribution in [1.82, 2.24) is 4.98 Å². The van der Waals surface area contributed by atoms with Crippen LogP contribution in [0, 0.1) is 6.92 Å². The Morgan fingerprint density at radius 2 is 1.72 bits per heavy atom. The third-order valence-corrected chi connectivity index (χ3v) is 7.89. The molecule has 1 aliphatic heterocycles. The second-order valence-corrected chi connectivity index (χ2v) is 11.9. The van der Waals surface area contributed by atoms with E-state index in [1.54, 1.807) is 24.3 Å². The minimum Gasteiger partial charge on any atom is -0.507 e. The van der Waals surface area contributed by atoms with Crippen molar-refractivity contribution < 1.29 is 19.4 Å². The maximum atomic E-state index is 13.6. The van der Waals surface area contributed by atoms with Crippen molar-refractivity contribution in [3.05, 3.63) is 94.6 Å². The standard InChI is InChI=1S/C32H32N2O4S/c1-6-17-38-23-14-10-21(11-15-23)28(35)26-27(20-8-12-22(13-9-20)32(3,4)5)34(30(37)29(26)36)31-33-24-16-7-19(2)18-25(24)39-31/h7-16,18,27,35H,6,17H2,1-5H3/b28-26+. The molecular weight excluding hydrogens is 508 g/mol. The number of hydrogen-bond acceptors (Lipinski definition) is 6. The van der Waals surface area contributed by atoms with Gasteiger partial charge in [-0.05, 0) is 71.8 Å². The summed E-state index contributed by atoms with van der Waals surface area (Å²) in [5.74, 6) is -0.994. The Balaban J connectivity index is 1.65. The highest BCUT2D eigenvalue weighted by molar-refractivity contribution is 7.22. The number of anilines is 1. The molecule has 6 nitrogen and oxygen atoms in total. The molecule has 3 aromatic carbocycles. The quantitative estimate of drug-likeness (QED) is 0.157. The van der Waals surface area contributed by atoms with Gasteiger partial charge in [0.25, 0.3) is 5.78 Å². The zero-order valence-electron chi connectivity index (χ0n) is 22.8. The topological polar surface area (TPSA) is 79.7 Å². The molecule has 7 heteroatoms. The van der Waals surface area contributed by atoms with Crippen LogP contribution in [0.2, 0.25) is 0 Å². The van der Waals surface area contributed by atoms with E-state index >= 15 is 0 Å². The highest BCUT2D eigenvalue weighted by atomic mass is 32.1. The molecule has 0 saturated carbocycles. The Morgan fingerprint density at radius 1 is 1.03 bits per heavy atom. The number of thiazole rings is 1. The number of aromatic nitrogens is 1. The lowest BCUT2D eigenvalue weighted by Crippen LogP contribution is -2.29. The zero-order valence-corrected chi connectivity index (χ0v) is 23.6. The van der Waals surface area contributed by atoms with Crippen molar-refractivity contribution in [2.24, 2.45) is 0 Å². The van der Waals surface area contributed by atoms with Crippen molar-refractivity contribution in [3.8, 4) is 5.75 Å². The molecule has 4 aromatic rings. The summed E-state index contributed by atoms with van der Waals surface area (Å²) < 4.78 is 6.59. The van der Waals surface area contributed by atoms with Crippen molar-refractivity contribution in [1.29, 1.82) is 0 Å². The first kappa shape index (κ1) is 26.6. The summed E-state index contributed by atoms with van der Waals surface area (Å²) in [6.45, 7) is 11.0. The van der Waals surface area contributed by atoms with Gasteiger partial charge in [-0.3, -0.25) is 14.5 Å². The predicted octanol–water partition coefficient (Wildman–Crippen LogP) is 7.32. The molecule has 1 aliphatic rings. The maximum Gasteiger partial charge on any atom is 0.301 e. The monoisotopic (exact) mass is 540 g/mol. The average molecular weight is 541 g/mol. The van der Waals surface area contributed by atoms with Gasteiger partial charge in [0.05, 0.1) is 28.4 Å². The number of ether oxygens (including phenoxy) is 1. The third kappa shape index (κ3) is 5.06. The molecule has 1 aromatic heterocycles. The highest BCUT2D eigenvalue weighted by Gasteiger charge is 2.48.